The molecule has 1 aliphatic rings. The number of carbonyl (C=O) groups is 1. The van der Waals surface area contributed by atoms with Gasteiger partial charge in [0.15, 0.2) is 15.0 Å². The summed E-state index contributed by atoms with van der Waals surface area (Å²) in [5, 5.41) is 13.9. The largest absolute Gasteiger partial charge is 0.344 e. The molecule has 3 heterocycles. The van der Waals surface area contributed by atoms with Crippen molar-refractivity contribution in [1.29, 1.82) is 0 Å². The van der Waals surface area contributed by atoms with Crippen molar-refractivity contribution in [2.45, 2.75) is 24.0 Å². The number of rotatable bonds is 8. The fraction of sp³-hybridized carbons (Fsp3) is 0.381. The van der Waals surface area contributed by atoms with Gasteiger partial charge in [0, 0.05) is 18.3 Å². The van der Waals surface area contributed by atoms with Gasteiger partial charge in [-0.3, -0.25) is 4.79 Å². The highest BCUT2D eigenvalue weighted by Gasteiger charge is 2.29. The molecule has 0 radical (unpaired) electrons. The number of thioether (sulfide) groups is 1. The molecule has 2 aromatic heterocycles. The van der Waals surface area contributed by atoms with Gasteiger partial charge >= 0.3 is 0 Å². The number of carbonyl (C=O) groups excluding carboxylic acids is 1. The molecule has 170 valence electrons. The summed E-state index contributed by atoms with van der Waals surface area (Å²) in [5.74, 6) is 0.851. The van der Waals surface area contributed by atoms with Crippen LogP contribution in [0.25, 0.3) is 0 Å². The van der Waals surface area contributed by atoms with Crippen LogP contribution in [-0.2, 0) is 28.1 Å². The normalized spacial score (nSPS) is 18.5. The zero-order chi connectivity index (χ0) is 22.7. The molecule has 1 N–H and O–H groups in total. The molecule has 1 amide bonds. The van der Waals surface area contributed by atoms with Gasteiger partial charge in [0.25, 0.3) is 0 Å². The van der Waals surface area contributed by atoms with E-state index in [9.17, 15) is 17.6 Å². The number of hydrogen-bond acceptors (Lipinski definition) is 7. The van der Waals surface area contributed by atoms with Crippen molar-refractivity contribution in [2.24, 2.45) is 13.0 Å². The minimum Gasteiger partial charge on any atom is -0.344 e. The molecule has 7 nitrogen and oxygen atoms in total. The molecule has 11 heteroatoms. The summed E-state index contributed by atoms with van der Waals surface area (Å²) in [5.41, 5.74) is 0.805. The van der Waals surface area contributed by atoms with Gasteiger partial charge in [0.05, 0.1) is 23.3 Å². The van der Waals surface area contributed by atoms with Gasteiger partial charge in [-0.05, 0) is 41.5 Å². The van der Waals surface area contributed by atoms with Gasteiger partial charge in [0.1, 0.15) is 11.6 Å². The highest BCUT2D eigenvalue weighted by Crippen LogP contribution is 2.27. The Balaban J connectivity index is 1.38. The second-order valence-corrected chi connectivity index (χ2v) is 11.9. The fourth-order valence-corrected chi connectivity index (χ4v) is 7.11. The predicted molar refractivity (Wildman–Crippen MR) is 123 cm³/mol. The maximum Gasteiger partial charge on any atom is 0.231 e. The van der Waals surface area contributed by atoms with Gasteiger partial charge in [0.2, 0.25) is 5.91 Å². The van der Waals surface area contributed by atoms with Crippen molar-refractivity contribution in [3.63, 3.8) is 0 Å². The Hall–Kier alpha value is -2.24. The summed E-state index contributed by atoms with van der Waals surface area (Å²) in [6.07, 6.45) is 1.20. The van der Waals surface area contributed by atoms with Gasteiger partial charge in [-0.1, -0.05) is 30.0 Å². The number of amides is 1. The summed E-state index contributed by atoms with van der Waals surface area (Å²) in [7, 11) is -1.11. The predicted octanol–water partition coefficient (Wildman–Crippen LogP) is 2.99. The van der Waals surface area contributed by atoms with Crippen molar-refractivity contribution >= 4 is 38.8 Å². The van der Waals surface area contributed by atoms with E-state index in [1.165, 1.54) is 35.2 Å². The Bertz CT molecular complexity index is 1180. The van der Waals surface area contributed by atoms with E-state index in [1.807, 2.05) is 29.1 Å². The lowest BCUT2D eigenvalue weighted by Gasteiger charge is -2.18. The maximum absolute atomic E-state index is 13.3. The Labute approximate surface area is 194 Å². The molecule has 1 fully saturated rings. The van der Waals surface area contributed by atoms with Crippen molar-refractivity contribution in [1.82, 2.24) is 20.1 Å². The second-order valence-electron chi connectivity index (χ2n) is 7.79. The van der Waals surface area contributed by atoms with Crippen molar-refractivity contribution in [2.75, 3.05) is 17.3 Å². The first-order chi connectivity index (χ1) is 15.3. The summed E-state index contributed by atoms with van der Waals surface area (Å²) in [6, 6.07) is 9.60. The van der Waals surface area contributed by atoms with E-state index in [0.717, 1.165) is 16.3 Å². The number of halogens is 1. The molecule has 4 rings (SSSR count). The number of thiophene rings is 1. The molecule has 0 aliphatic carbocycles. The molecule has 0 bridgehead atoms. The van der Waals surface area contributed by atoms with Crippen LogP contribution in [0.3, 0.4) is 0 Å². The molecule has 0 unspecified atom stereocenters. The number of hydrogen-bond donors (Lipinski definition) is 1. The Kier molecular flexibility index (Phi) is 6.96. The smallest absolute Gasteiger partial charge is 0.231 e. The lowest BCUT2D eigenvalue weighted by Crippen LogP contribution is -2.30. The first-order valence-electron chi connectivity index (χ1n) is 10.1. The molecule has 1 aliphatic heterocycles. The van der Waals surface area contributed by atoms with Crippen LogP contribution in [0.5, 0.6) is 0 Å². The first-order valence-corrected chi connectivity index (χ1v) is 13.8. The average Bonchev–Trinajstić information content (AvgIpc) is 3.48. The van der Waals surface area contributed by atoms with Crippen LogP contribution in [0.15, 0.2) is 46.9 Å². The maximum atomic E-state index is 13.3. The molecular weight excluding hydrogens is 471 g/mol. The van der Waals surface area contributed by atoms with Crippen LogP contribution in [0.2, 0.25) is 0 Å². The third-order valence-corrected chi connectivity index (χ3v) is 9.19. The van der Waals surface area contributed by atoms with E-state index in [-0.39, 0.29) is 40.9 Å². The zero-order valence-electron chi connectivity index (χ0n) is 17.4. The molecular formula is C21H23FN4O3S3. The number of nitrogens with one attached hydrogen (secondary N) is 1. The van der Waals surface area contributed by atoms with E-state index in [4.69, 9.17) is 0 Å². The van der Waals surface area contributed by atoms with E-state index in [1.54, 1.807) is 12.1 Å². The van der Waals surface area contributed by atoms with E-state index in [2.05, 4.69) is 15.5 Å². The number of aromatic nitrogens is 3. The molecule has 0 spiro atoms. The molecule has 1 saturated heterocycles. The Morgan fingerprint density at radius 2 is 2.09 bits per heavy atom. The number of sulfone groups is 1. The van der Waals surface area contributed by atoms with Crippen LogP contribution in [0, 0.1) is 11.7 Å². The summed E-state index contributed by atoms with van der Waals surface area (Å²) in [6.45, 7) is 0. The van der Waals surface area contributed by atoms with E-state index in [0.29, 0.717) is 18.0 Å². The molecule has 1 aromatic carbocycles. The Morgan fingerprint density at radius 3 is 2.75 bits per heavy atom. The minimum absolute atomic E-state index is 0.0614. The monoisotopic (exact) mass is 494 g/mol. The topological polar surface area (TPSA) is 93.9 Å². The van der Waals surface area contributed by atoms with Gasteiger partial charge in [-0.2, -0.15) is 0 Å². The van der Waals surface area contributed by atoms with Gasteiger partial charge in [-0.25, -0.2) is 12.8 Å². The standard InChI is InChI=1S/C21H23FN4O3S3/c1-26-18(11-14-8-10-32(28,29)13-14)24-25-21(26)31-12-19(27)23-20(17-3-2-9-30-17)15-4-6-16(22)7-5-15/h2-7,9,14,20H,8,10-13H2,1H3,(H,23,27)/t14-,20-/m1/s1. The minimum atomic E-state index is -2.93. The summed E-state index contributed by atoms with van der Waals surface area (Å²) >= 11 is 2.80. The zero-order valence-corrected chi connectivity index (χ0v) is 19.9. The van der Waals surface area contributed by atoms with E-state index >= 15 is 0 Å². The first kappa shape index (κ1) is 22.9. The SMILES string of the molecule is Cn1c(C[C@H]2CCS(=O)(=O)C2)nnc1SCC(=O)N[C@H](c1ccc(F)cc1)c1cccs1. The number of benzene rings is 1. The quantitative estimate of drug-likeness (QED) is 0.484. The van der Waals surface area contributed by atoms with E-state index < -0.39 is 9.84 Å². The van der Waals surface area contributed by atoms with Crippen molar-refractivity contribution in [3.05, 3.63) is 63.9 Å². The van der Waals surface area contributed by atoms with Crippen LogP contribution < -0.4 is 5.32 Å². The van der Waals surface area contributed by atoms with Crippen molar-refractivity contribution < 1.29 is 17.6 Å². The third kappa shape index (κ3) is 5.57. The van der Waals surface area contributed by atoms with Gasteiger partial charge in [-0.15, -0.1) is 21.5 Å². The molecule has 3 aromatic rings. The van der Waals surface area contributed by atoms with Crippen LogP contribution in [0.4, 0.5) is 4.39 Å². The van der Waals surface area contributed by atoms with Crippen LogP contribution in [-0.4, -0.2) is 46.3 Å². The summed E-state index contributed by atoms with van der Waals surface area (Å²) in [4.78, 5) is 13.7. The molecule has 32 heavy (non-hydrogen) atoms. The third-order valence-electron chi connectivity index (χ3n) is 5.39. The highest BCUT2D eigenvalue weighted by molar-refractivity contribution is 7.99. The molecule has 2 atom stereocenters. The highest BCUT2D eigenvalue weighted by atomic mass is 32.2. The molecule has 0 saturated carbocycles. The summed E-state index contributed by atoms with van der Waals surface area (Å²) < 4.78 is 38.5. The van der Waals surface area contributed by atoms with Gasteiger partial charge < -0.3 is 9.88 Å². The van der Waals surface area contributed by atoms with Crippen LogP contribution >= 0.6 is 23.1 Å². The second kappa shape index (κ2) is 9.72. The van der Waals surface area contributed by atoms with Crippen LogP contribution in [0.1, 0.15) is 28.7 Å². The van der Waals surface area contributed by atoms with Crippen molar-refractivity contribution in [3.8, 4) is 0 Å². The average molecular weight is 495 g/mol. The lowest BCUT2D eigenvalue weighted by atomic mass is 10.1. The number of nitrogens with zero attached hydrogens (tertiary/aromatic N) is 3. The fourth-order valence-electron chi connectivity index (χ4n) is 3.70. The Morgan fingerprint density at radius 1 is 1.31 bits per heavy atom. The lowest BCUT2D eigenvalue weighted by molar-refractivity contribution is -0.119.